The SMILES string of the molecule is CC(C)C.CC(CCCc1c(Br)cnn1-c1ccc(F)cc1)NSC(C)(C)C. The van der Waals surface area contributed by atoms with Crippen LogP contribution in [0.1, 0.15) is 67.0 Å². The van der Waals surface area contributed by atoms with Crippen LogP contribution in [0.4, 0.5) is 4.39 Å². The van der Waals surface area contributed by atoms with E-state index >= 15 is 0 Å². The van der Waals surface area contributed by atoms with Gasteiger partial charge >= 0.3 is 0 Å². The third-order valence-electron chi connectivity index (χ3n) is 3.51. The molecule has 2 aromatic rings. The van der Waals surface area contributed by atoms with Gasteiger partial charge in [0.2, 0.25) is 0 Å². The van der Waals surface area contributed by atoms with Crippen molar-refractivity contribution in [3.8, 4) is 5.69 Å². The molecule has 0 radical (unpaired) electrons. The first-order chi connectivity index (χ1) is 13.0. The highest BCUT2D eigenvalue weighted by Gasteiger charge is 2.14. The smallest absolute Gasteiger partial charge is 0.123 e. The molecule has 2 rings (SSSR count). The summed E-state index contributed by atoms with van der Waals surface area (Å²) < 4.78 is 19.7. The van der Waals surface area contributed by atoms with Gasteiger partial charge in [-0.25, -0.2) is 9.07 Å². The van der Waals surface area contributed by atoms with Crippen molar-refractivity contribution < 1.29 is 4.39 Å². The van der Waals surface area contributed by atoms with Gasteiger partial charge in [-0.15, -0.1) is 0 Å². The maximum atomic E-state index is 13.1. The van der Waals surface area contributed by atoms with Crippen molar-refractivity contribution >= 4 is 27.9 Å². The van der Waals surface area contributed by atoms with Gasteiger partial charge in [0.05, 0.1) is 22.1 Å². The number of benzene rings is 1. The standard InChI is InChI=1S/C18H25BrFN3S.C4H10/c1-13(22-24-18(2,3)4)6-5-7-17-16(19)12-21-23(17)15-10-8-14(20)9-11-15;1-4(2)3/h8-13,22H,5-7H2,1-4H3;4H,1-3H3. The van der Waals surface area contributed by atoms with Crippen molar-refractivity contribution in [2.45, 2.75) is 78.5 Å². The van der Waals surface area contributed by atoms with E-state index in [-0.39, 0.29) is 10.6 Å². The Morgan fingerprint density at radius 1 is 1.14 bits per heavy atom. The molecule has 1 aromatic heterocycles. The molecule has 1 aromatic carbocycles. The van der Waals surface area contributed by atoms with Crippen molar-refractivity contribution in [3.05, 3.63) is 46.4 Å². The third-order valence-corrected chi connectivity index (χ3v) is 5.30. The summed E-state index contributed by atoms with van der Waals surface area (Å²) in [5.74, 6) is 0.600. The van der Waals surface area contributed by atoms with Crippen molar-refractivity contribution in [2.75, 3.05) is 0 Å². The van der Waals surface area contributed by atoms with Crippen LogP contribution in [0, 0.1) is 11.7 Å². The molecule has 1 unspecified atom stereocenters. The van der Waals surface area contributed by atoms with Crippen LogP contribution in [0.15, 0.2) is 34.9 Å². The van der Waals surface area contributed by atoms with E-state index in [1.807, 2.05) is 4.68 Å². The highest BCUT2D eigenvalue weighted by atomic mass is 79.9. The second kappa shape index (κ2) is 12.0. The summed E-state index contributed by atoms with van der Waals surface area (Å²) in [6.07, 6.45) is 4.87. The maximum Gasteiger partial charge on any atom is 0.123 e. The van der Waals surface area contributed by atoms with E-state index in [1.165, 1.54) is 12.1 Å². The Hall–Kier alpha value is -0.850. The van der Waals surface area contributed by atoms with Crippen LogP contribution in [0.2, 0.25) is 0 Å². The molecule has 0 saturated heterocycles. The van der Waals surface area contributed by atoms with Gasteiger partial charge in [-0.3, -0.25) is 4.72 Å². The summed E-state index contributed by atoms with van der Waals surface area (Å²) >= 11 is 5.36. The zero-order valence-electron chi connectivity index (χ0n) is 18.2. The van der Waals surface area contributed by atoms with E-state index in [0.717, 1.165) is 41.0 Å². The van der Waals surface area contributed by atoms with Crippen LogP contribution < -0.4 is 4.72 Å². The van der Waals surface area contributed by atoms with Gasteiger partial charge in [-0.1, -0.05) is 32.7 Å². The molecule has 0 amide bonds. The topological polar surface area (TPSA) is 29.9 Å². The van der Waals surface area contributed by atoms with Gasteiger partial charge in [0.1, 0.15) is 5.82 Å². The van der Waals surface area contributed by atoms with Crippen LogP contribution in [-0.2, 0) is 6.42 Å². The number of halogens is 2. The molecule has 1 atom stereocenters. The average molecular weight is 473 g/mol. The Labute approximate surface area is 183 Å². The van der Waals surface area contributed by atoms with E-state index in [0.29, 0.717) is 6.04 Å². The lowest BCUT2D eigenvalue weighted by atomic mass is 10.1. The van der Waals surface area contributed by atoms with Crippen LogP contribution >= 0.6 is 27.9 Å². The number of aromatic nitrogens is 2. The molecule has 0 aliphatic heterocycles. The monoisotopic (exact) mass is 471 g/mol. The summed E-state index contributed by atoms with van der Waals surface area (Å²) in [5.41, 5.74) is 2.00. The van der Waals surface area contributed by atoms with Crippen LogP contribution in [-0.4, -0.2) is 20.6 Å². The molecule has 0 saturated carbocycles. The predicted molar refractivity (Wildman–Crippen MR) is 125 cm³/mol. The van der Waals surface area contributed by atoms with Gasteiger partial charge in [0, 0.05) is 10.8 Å². The fraction of sp³-hybridized carbons (Fsp3) is 0.591. The molecule has 0 spiro atoms. The van der Waals surface area contributed by atoms with Crippen LogP contribution in [0.3, 0.4) is 0 Å². The van der Waals surface area contributed by atoms with Gasteiger partial charge in [0.25, 0.3) is 0 Å². The Bertz CT molecular complexity index is 690. The second-order valence-corrected chi connectivity index (χ2v) is 11.2. The molecule has 0 fully saturated rings. The summed E-state index contributed by atoms with van der Waals surface area (Å²) in [6.45, 7) is 15.3. The van der Waals surface area contributed by atoms with Crippen molar-refractivity contribution in [3.63, 3.8) is 0 Å². The number of nitrogens with zero attached hydrogens (tertiary/aromatic N) is 2. The first kappa shape index (κ1) is 25.2. The number of hydrogen-bond donors (Lipinski definition) is 1. The Morgan fingerprint density at radius 3 is 2.25 bits per heavy atom. The number of nitrogens with one attached hydrogen (secondary N) is 1. The minimum atomic E-state index is -0.234. The first-order valence-electron chi connectivity index (χ1n) is 9.91. The minimum Gasteiger partial charge on any atom is -0.261 e. The maximum absolute atomic E-state index is 13.1. The quantitative estimate of drug-likeness (QED) is 0.433. The fourth-order valence-electron chi connectivity index (χ4n) is 2.30. The largest absolute Gasteiger partial charge is 0.261 e. The van der Waals surface area contributed by atoms with E-state index < -0.39 is 0 Å². The van der Waals surface area contributed by atoms with Gasteiger partial charge in [-0.2, -0.15) is 5.10 Å². The van der Waals surface area contributed by atoms with E-state index in [4.69, 9.17) is 0 Å². The fourth-order valence-corrected chi connectivity index (χ4v) is 3.43. The van der Waals surface area contributed by atoms with Gasteiger partial charge in [-0.05, 0) is 93.1 Å². The summed E-state index contributed by atoms with van der Waals surface area (Å²) in [7, 11) is 0. The van der Waals surface area contributed by atoms with E-state index in [9.17, 15) is 4.39 Å². The normalized spacial score (nSPS) is 12.6. The zero-order valence-corrected chi connectivity index (χ0v) is 20.6. The van der Waals surface area contributed by atoms with E-state index in [2.05, 4.69) is 74.2 Å². The van der Waals surface area contributed by atoms with Crippen LogP contribution in [0.25, 0.3) is 5.69 Å². The van der Waals surface area contributed by atoms with Crippen molar-refractivity contribution in [2.24, 2.45) is 5.92 Å². The molecule has 28 heavy (non-hydrogen) atoms. The lowest BCUT2D eigenvalue weighted by molar-refractivity contribution is 0.580. The molecular weight excluding hydrogens is 437 g/mol. The highest BCUT2D eigenvalue weighted by Crippen LogP contribution is 2.24. The predicted octanol–water partition coefficient (Wildman–Crippen LogP) is 7.18. The molecule has 6 heteroatoms. The number of hydrogen-bond acceptors (Lipinski definition) is 3. The Balaban J connectivity index is 0.000000892. The van der Waals surface area contributed by atoms with Gasteiger partial charge in [0.15, 0.2) is 0 Å². The van der Waals surface area contributed by atoms with Crippen LogP contribution in [0.5, 0.6) is 0 Å². The lowest BCUT2D eigenvalue weighted by Crippen LogP contribution is -2.25. The molecule has 1 heterocycles. The Kier molecular flexibility index (Phi) is 10.8. The number of rotatable bonds is 7. The average Bonchev–Trinajstić information content (AvgIpc) is 2.94. The molecule has 0 aliphatic carbocycles. The Morgan fingerprint density at radius 2 is 1.71 bits per heavy atom. The third kappa shape index (κ3) is 10.1. The van der Waals surface area contributed by atoms with E-state index in [1.54, 1.807) is 30.3 Å². The molecular formula is C22H35BrFN3S. The van der Waals surface area contributed by atoms with Crippen molar-refractivity contribution in [1.29, 1.82) is 0 Å². The molecule has 0 bridgehead atoms. The first-order valence-corrected chi connectivity index (χ1v) is 11.5. The van der Waals surface area contributed by atoms with Gasteiger partial charge < -0.3 is 0 Å². The minimum absolute atomic E-state index is 0.221. The molecule has 1 N–H and O–H groups in total. The zero-order chi connectivity index (χ0) is 21.3. The summed E-state index contributed by atoms with van der Waals surface area (Å²) in [5, 5.41) is 4.41. The second-order valence-electron chi connectivity index (χ2n) is 8.69. The van der Waals surface area contributed by atoms with Crippen molar-refractivity contribution in [1.82, 2.24) is 14.5 Å². The summed E-state index contributed by atoms with van der Waals surface area (Å²) in [6, 6.07) is 6.88. The molecule has 3 nitrogen and oxygen atoms in total. The summed E-state index contributed by atoms with van der Waals surface area (Å²) in [4.78, 5) is 0. The lowest BCUT2D eigenvalue weighted by Gasteiger charge is -2.21. The highest BCUT2D eigenvalue weighted by molar-refractivity contribution is 9.10. The molecule has 158 valence electrons. The molecule has 0 aliphatic rings.